The van der Waals surface area contributed by atoms with Gasteiger partial charge in [-0.2, -0.15) is 0 Å². The Morgan fingerprint density at radius 1 is 1.04 bits per heavy atom. The minimum atomic E-state index is -2.16. The Hall–Kier alpha value is -0.440. The fraction of sp³-hybridized carbons (Fsp3) is 1.00. The highest BCUT2D eigenvalue weighted by molar-refractivity contribution is 4.91. The van der Waals surface area contributed by atoms with E-state index in [1.165, 1.54) is 7.11 Å². The normalized spacial score (nSPS) is 36.0. The summed E-state index contributed by atoms with van der Waals surface area (Å²) in [6.45, 7) is -0.301. The molecule has 0 radical (unpaired) electrons. The van der Waals surface area contributed by atoms with Crippen LogP contribution >= 0.6 is 0 Å². The van der Waals surface area contributed by atoms with Gasteiger partial charge in [-0.25, -0.2) is 0 Å². The number of nitrogens with two attached hydrogens (primary N) is 2. The van der Waals surface area contributed by atoms with Gasteiger partial charge >= 0.3 is 0 Å². The Labute approximate surface area is 133 Å². The number of aliphatic hydroxyl groups is 6. The Morgan fingerprint density at radius 3 is 2.09 bits per heavy atom. The molecule has 0 amide bonds. The molecular formula is C12H26N2O9. The average molecular weight is 342 g/mol. The number of methoxy groups -OCH3 is 1. The molecule has 0 aliphatic carbocycles. The maximum Gasteiger partial charge on any atom is 0.187 e. The minimum absolute atomic E-state index is 0.140. The van der Waals surface area contributed by atoms with E-state index in [0.717, 1.165) is 0 Å². The number of hydrogen-bond acceptors (Lipinski definition) is 11. The smallest absolute Gasteiger partial charge is 0.187 e. The summed E-state index contributed by atoms with van der Waals surface area (Å²) < 4.78 is 15.6. The highest BCUT2D eigenvalue weighted by atomic mass is 16.7. The van der Waals surface area contributed by atoms with Crippen molar-refractivity contribution < 1.29 is 44.8 Å². The molecule has 0 saturated carbocycles. The molecule has 10 N–H and O–H groups in total. The van der Waals surface area contributed by atoms with Crippen molar-refractivity contribution in [3.05, 3.63) is 0 Å². The summed E-state index contributed by atoms with van der Waals surface area (Å²) in [4.78, 5) is 0. The van der Waals surface area contributed by atoms with E-state index in [0.29, 0.717) is 0 Å². The summed E-state index contributed by atoms with van der Waals surface area (Å²) in [5.74, 6) is 0. The summed E-state index contributed by atoms with van der Waals surface area (Å²) in [6, 6.07) is 0. The van der Waals surface area contributed by atoms with E-state index in [1.54, 1.807) is 0 Å². The molecule has 1 rings (SSSR count). The lowest BCUT2D eigenvalue weighted by Crippen LogP contribution is -2.62. The van der Waals surface area contributed by atoms with E-state index in [9.17, 15) is 20.4 Å². The van der Waals surface area contributed by atoms with E-state index < -0.39 is 55.3 Å². The van der Waals surface area contributed by atoms with Gasteiger partial charge in [0.2, 0.25) is 0 Å². The lowest BCUT2D eigenvalue weighted by molar-refractivity contribution is -0.326. The molecule has 1 aliphatic rings. The van der Waals surface area contributed by atoms with Gasteiger partial charge in [-0.3, -0.25) is 0 Å². The zero-order valence-electron chi connectivity index (χ0n) is 12.7. The van der Waals surface area contributed by atoms with Gasteiger partial charge in [0.1, 0.15) is 36.6 Å². The molecule has 1 fully saturated rings. The molecule has 23 heavy (non-hydrogen) atoms. The van der Waals surface area contributed by atoms with Gasteiger partial charge in [-0.05, 0) is 0 Å². The molecule has 0 aromatic heterocycles. The first kappa shape index (κ1) is 20.6. The van der Waals surface area contributed by atoms with Crippen molar-refractivity contribution in [3.63, 3.8) is 0 Å². The van der Waals surface area contributed by atoms with Crippen LogP contribution in [-0.2, 0) is 14.2 Å². The van der Waals surface area contributed by atoms with Crippen LogP contribution in [0.5, 0.6) is 0 Å². The molecule has 0 spiro atoms. The maximum absolute atomic E-state index is 9.94. The first-order chi connectivity index (χ1) is 10.8. The van der Waals surface area contributed by atoms with Crippen molar-refractivity contribution in [2.75, 3.05) is 20.2 Å². The standard InChI is InChI=1S/C12H26N2O9/c1-21-5(3-14)10(9(18)11(19)20)23-12-8(17)7(16)6(15)4(2-13)22-12/h4-12,15-20H,2-3,13-14H2,1H3/t4?,5?,6-,7?,8?,9?,10+,12-/m0/s1. The number of aliphatic hydroxyl groups excluding tert-OH is 5. The number of ether oxygens (including phenoxy) is 3. The van der Waals surface area contributed by atoms with E-state index >= 15 is 0 Å². The van der Waals surface area contributed by atoms with Gasteiger partial charge in [0.05, 0.1) is 6.10 Å². The van der Waals surface area contributed by atoms with Gasteiger partial charge in [0.15, 0.2) is 12.6 Å². The lowest BCUT2D eigenvalue weighted by Gasteiger charge is -2.42. The van der Waals surface area contributed by atoms with Crippen molar-refractivity contribution in [2.45, 2.75) is 55.3 Å². The molecule has 0 aromatic rings. The highest BCUT2D eigenvalue weighted by Crippen LogP contribution is 2.24. The van der Waals surface area contributed by atoms with Crippen LogP contribution in [0.1, 0.15) is 0 Å². The summed E-state index contributed by atoms with van der Waals surface area (Å²) in [7, 11) is 1.27. The van der Waals surface area contributed by atoms with E-state index in [1.807, 2.05) is 0 Å². The van der Waals surface area contributed by atoms with E-state index in [2.05, 4.69) is 0 Å². The average Bonchev–Trinajstić information content (AvgIpc) is 2.54. The van der Waals surface area contributed by atoms with Crippen molar-refractivity contribution in [3.8, 4) is 0 Å². The molecular weight excluding hydrogens is 316 g/mol. The Kier molecular flexibility index (Phi) is 8.20. The molecule has 138 valence electrons. The van der Waals surface area contributed by atoms with Gasteiger partial charge in [0.25, 0.3) is 0 Å². The van der Waals surface area contributed by atoms with Crippen LogP contribution in [0.15, 0.2) is 0 Å². The fourth-order valence-corrected chi connectivity index (χ4v) is 2.30. The fourth-order valence-electron chi connectivity index (χ4n) is 2.30. The van der Waals surface area contributed by atoms with Crippen molar-refractivity contribution >= 4 is 0 Å². The van der Waals surface area contributed by atoms with Gasteiger partial charge in [-0.15, -0.1) is 0 Å². The van der Waals surface area contributed by atoms with Crippen LogP contribution in [0.25, 0.3) is 0 Å². The topological polar surface area (TPSA) is 201 Å². The molecule has 11 nitrogen and oxygen atoms in total. The number of rotatable bonds is 8. The lowest BCUT2D eigenvalue weighted by atomic mass is 9.98. The third-order valence-corrected chi connectivity index (χ3v) is 3.74. The monoisotopic (exact) mass is 342 g/mol. The summed E-state index contributed by atoms with van der Waals surface area (Å²) in [5, 5.41) is 57.6. The maximum atomic E-state index is 9.94. The van der Waals surface area contributed by atoms with Crippen LogP contribution in [0.3, 0.4) is 0 Å². The zero-order chi connectivity index (χ0) is 17.7. The quantitative estimate of drug-likeness (QED) is 0.196. The van der Waals surface area contributed by atoms with E-state index in [-0.39, 0.29) is 13.1 Å². The molecule has 0 aromatic carbocycles. The third-order valence-electron chi connectivity index (χ3n) is 3.74. The molecule has 5 unspecified atom stereocenters. The largest absolute Gasteiger partial charge is 0.388 e. The van der Waals surface area contributed by atoms with Gasteiger partial charge < -0.3 is 56.3 Å². The minimum Gasteiger partial charge on any atom is -0.388 e. The summed E-state index contributed by atoms with van der Waals surface area (Å²) >= 11 is 0. The Balaban J connectivity index is 2.92. The third kappa shape index (κ3) is 4.78. The second-order valence-corrected chi connectivity index (χ2v) is 5.27. The Bertz CT molecular complexity index is 340. The molecule has 0 bridgehead atoms. The molecule has 1 saturated heterocycles. The van der Waals surface area contributed by atoms with Crippen LogP contribution in [0.4, 0.5) is 0 Å². The molecule has 1 aliphatic heterocycles. The predicted molar refractivity (Wildman–Crippen MR) is 74.7 cm³/mol. The summed E-state index contributed by atoms with van der Waals surface area (Å²) in [6.07, 6.45) is -13.5. The van der Waals surface area contributed by atoms with Crippen LogP contribution in [0, 0.1) is 0 Å². The van der Waals surface area contributed by atoms with Crippen molar-refractivity contribution in [1.82, 2.24) is 0 Å². The second-order valence-electron chi connectivity index (χ2n) is 5.27. The first-order valence-corrected chi connectivity index (χ1v) is 7.10. The summed E-state index contributed by atoms with van der Waals surface area (Å²) in [5.41, 5.74) is 10.9. The van der Waals surface area contributed by atoms with Gasteiger partial charge in [-0.1, -0.05) is 0 Å². The van der Waals surface area contributed by atoms with Crippen LogP contribution < -0.4 is 11.5 Å². The van der Waals surface area contributed by atoms with Crippen LogP contribution in [0.2, 0.25) is 0 Å². The second kappa shape index (κ2) is 9.15. The van der Waals surface area contributed by atoms with Crippen molar-refractivity contribution in [1.29, 1.82) is 0 Å². The van der Waals surface area contributed by atoms with Crippen molar-refractivity contribution in [2.24, 2.45) is 11.5 Å². The Morgan fingerprint density at radius 2 is 1.65 bits per heavy atom. The highest BCUT2D eigenvalue weighted by Gasteiger charge is 2.46. The molecule has 11 heteroatoms. The zero-order valence-corrected chi connectivity index (χ0v) is 12.7. The SMILES string of the molecule is COC(CN)[C@@H](O[C@@H]1OC(CN)[C@H](O)C(O)C1O)C(O)C(O)O. The molecule has 8 atom stereocenters. The molecule has 1 heterocycles. The van der Waals surface area contributed by atoms with Crippen LogP contribution in [-0.4, -0.2) is 106 Å². The van der Waals surface area contributed by atoms with Gasteiger partial charge in [0, 0.05) is 20.2 Å². The predicted octanol–water partition coefficient (Wildman–Crippen LogP) is -5.22. The number of hydrogen-bond donors (Lipinski definition) is 8. The van der Waals surface area contributed by atoms with E-state index in [4.69, 9.17) is 35.9 Å². The first-order valence-electron chi connectivity index (χ1n) is 7.10.